The molecular weight excluding hydrogens is 472 g/mol. The summed E-state index contributed by atoms with van der Waals surface area (Å²) in [5.74, 6) is -0.614. The van der Waals surface area contributed by atoms with Gasteiger partial charge in [0, 0.05) is 12.2 Å². The van der Waals surface area contributed by atoms with Crippen molar-refractivity contribution < 1.29 is 14.6 Å². The Kier molecular flexibility index (Phi) is 7.70. The quantitative estimate of drug-likeness (QED) is 0.455. The summed E-state index contributed by atoms with van der Waals surface area (Å²) in [6, 6.07) is 12.6. The average Bonchev–Trinajstić information content (AvgIpc) is 2.77. The van der Waals surface area contributed by atoms with E-state index in [9.17, 15) is 19.5 Å². The molecule has 3 aromatic rings. The van der Waals surface area contributed by atoms with Crippen LogP contribution >= 0.6 is 11.6 Å². The highest BCUT2D eigenvalue weighted by Crippen LogP contribution is 2.29. The van der Waals surface area contributed by atoms with E-state index >= 15 is 0 Å². The number of carboxylic acids is 1. The van der Waals surface area contributed by atoms with Crippen molar-refractivity contribution in [3.8, 4) is 5.75 Å². The molecule has 0 unspecified atom stereocenters. The summed E-state index contributed by atoms with van der Waals surface area (Å²) < 4.78 is 7.80. The highest BCUT2D eigenvalue weighted by molar-refractivity contribution is 6.32. The SMILES string of the molecule is Cc1ccc(Cn2c(Nc3ccc(OC(C)C)c(Cl)c3)nc(=O)n(CC(C)(C)C(=O)O)c2=O)cc1. The van der Waals surface area contributed by atoms with Gasteiger partial charge in [0.1, 0.15) is 5.75 Å². The second-order valence-electron chi connectivity index (χ2n) is 9.28. The van der Waals surface area contributed by atoms with Crippen molar-refractivity contribution in [3.05, 3.63) is 79.6 Å². The predicted molar refractivity (Wildman–Crippen MR) is 135 cm³/mol. The Balaban J connectivity index is 2.08. The predicted octanol–water partition coefficient (Wildman–Crippen LogP) is 4.06. The van der Waals surface area contributed by atoms with E-state index in [-0.39, 0.29) is 25.1 Å². The summed E-state index contributed by atoms with van der Waals surface area (Å²) in [7, 11) is 0. The van der Waals surface area contributed by atoms with Crippen molar-refractivity contribution in [1.82, 2.24) is 14.1 Å². The lowest BCUT2D eigenvalue weighted by Gasteiger charge is -2.21. The zero-order valence-electron chi connectivity index (χ0n) is 20.3. The third kappa shape index (κ3) is 6.30. The number of aryl methyl sites for hydroxylation is 1. The molecule has 9 nitrogen and oxygen atoms in total. The maximum absolute atomic E-state index is 13.4. The summed E-state index contributed by atoms with van der Waals surface area (Å²) in [6.45, 7) is 8.41. The summed E-state index contributed by atoms with van der Waals surface area (Å²) >= 11 is 6.34. The van der Waals surface area contributed by atoms with Crippen molar-refractivity contribution in [1.29, 1.82) is 0 Å². The Labute approximate surface area is 208 Å². The minimum Gasteiger partial charge on any atom is -0.489 e. The molecule has 0 atom stereocenters. The normalized spacial score (nSPS) is 11.5. The number of hydrogen-bond acceptors (Lipinski definition) is 6. The van der Waals surface area contributed by atoms with E-state index in [1.165, 1.54) is 18.4 Å². The second-order valence-corrected chi connectivity index (χ2v) is 9.69. The molecule has 0 saturated carbocycles. The van der Waals surface area contributed by atoms with Gasteiger partial charge in [-0.2, -0.15) is 4.98 Å². The molecule has 3 rings (SSSR count). The Morgan fingerprint density at radius 3 is 2.37 bits per heavy atom. The van der Waals surface area contributed by atoms with Crippen LogP contribution in [-0.2, 0) is 17.9 Å². The van der Waals surface area contributed by atoms with Crippen molar-refractivity contribution in [3.63, 3.8) is 0 Å². The summed E-state index contributed by atoms with van der Waals surface area (Å²) in [4.78, 5) is 41.9. The molecule has 0 aliphatic heterocycles. The Morgan fingerprint density at radius 2 is 1.80 bits per heavy atom. The maximum Gasteiger partial charge on any atom is 0.354 e. The van der Waals surface area contributed by atoms with Crippen LogP contribution < -0.4 is 21.4 Å². The van der Waals surface area contributed by atoms with Crippen LogP contribution in [0, 0.1) is 12.3 Å². The third-order valence-corrected chi connectivity index (χ3v) is 5.59. The number of carbonyl (C=O) groups is 1. The molecule has 1 aromatic heterocycles. The van der Waals surface area contributed by atoms with Crippen molar-refractivity contribution in [2.45, 2.75) is 53.8 Å². The van der Waals surface area contributed by atoms with Crippen LogP contribution in [0.25, 0.3) is 0 Å². The Morgan fingerprint density at radius 1 is 1.14 bits per heavy atom. The first-order chi connectivity index (χ1) is 16.4. The van der Waals surface area contributed by atoms with E-state index in [1.54, 1.807) is 18.2 Å². The zero-order chi connectivity index (χ0) is 25.9. The number of anilines is 2. The zero-order valence-corrected chi connectivity index (χ0v) is 21.1. The standard InChI is InChI=1S/C25H29ClN4O5/c1-15(2)35-20-11-10-18(12-19(20)26)27-22-28-23(33)30(14-25(4,5)21(31)32)24(34)29(22)13-17-8-6-16(3)7-9-17/h6-12,15H,13-14H2,1-5H3,(H,31,32)(H,27,28,33). The largest absolute Gasteiger partial charge is 0.489 e. The lowest BCUT2D eigenvalue weighted by molar-refractivity contribution is -0.147. The van der Waals surface area contributed by atoms with Gasteiger partial charge in [0.25, 0.3) is 0 Å². The molecule has 0 saturated heterocycles. The number of rotatable bonds is 9. The minimum absolute atomic E-state index is 0.0125. The lowest BCUT2D eigenvalue weighted by Crippen LogP contribution is -2.46. The molecule has 0 amide bonds. The fraction of sp³-hybridized carbons (Fsp3) is 0.360. The molecule has 0 radical (unpaired) electrons. The number of nitrogens with one attached hydrogen (secondary N) is 1. The fourth-order valence-electron chi connectivity index (χ4n) is 3.30. The van der Waals surface area contributed by atoms with Crippen LogP contribution in [0.2, 0.25) is 5.02 Å². The van der Waals surface area contributed by atoms with E-state index in [4.69, 9.17) is 16.3 Å². The highest BCUT2D eigenvalue weighted by atomic mass is 35.5. The molecule has 0 aliphatic carbocycles. The van der Waals surface area contributed by atoms with Crippen LogP contribution in [0.3, 0.4) is 0 Å². The van der Waals surface area contributed by atoms with Gasteiger partial charge in [0.15, 0.2) is 0 Å². The van der Waals surface area contributed by atoms with Crippen LogP contribution in [-0.4, -0.2) is 31.3 Å². The first kappa shape index (κ1) is 26.0. The van der Waals surface area contributed by atoms with Crippen molar-refractivity contribution >= 4 is 29.2 Å². The number of nitrogens with zero attached hydrogens (tertiary/aromatic N) is 3. The molecule has 0 spiro atoms. The van der Waals surface area contributed by atoms with Gasteiger partial charge >= 0.3 is 17.3 Å². The van der Waals surface area contributed by atoms with E-state index in [1.807, 2.05) is 45.0 Å². The number of halogens is 1. The summed E-state index contributed by atoms with van der Waals surface area (Å²) in [5.41, 5.74) is -0.501. The number of aromatic nitrogens is 3. The van der Waals surface area contributed by atoms with Crippen LogP contribution in [0.4, 0.5) is 11.6 Å². The molecule has 2 aromatic carbocycles. The molecule has 35 heavy (non-hydrogen) atoms. The summed E-state index contributed by atoms with van der Waals surface area (Å²) in [5, 5.41) is 12.8. The van der Waals surface area contributed by atoms with Gasteiger partial charge in [0.05, 0.1) is 23.1 Å². The number of ether oxygens (including phenoxy) is 1. The smallest absolute Gasteiger partial charge is 0.354 e. The topological polar surface area (TPSA) is 115 Å². The monoisotopic (exact) mass is 500 g/mol. The van der Waals surface area contributed by atoms with E-state index in [0.717, 1.165) is 15.7 Å². The molecule has 0 bridgehead atoms. The lowest BCUT2D eigenvalue weighted by atomic mass is 9.94. The van der Waals surface area contributed by atoms with Gasteiger partial charge in [-0.1, -0.05) is 41.4 Å². The number of carboxylic acid groups (broad SMARTS) is 1. The average molecular weight is 501 g/mol. The van der Waals surface area contributed by atoms with Crippen molar-refractivity contribution in [2.24, 2.45) is 5.41 Å². The maximum atomic E-state index is 13.4. The molecule has 10 heteroatoms. The van der Waals surface area contributed by atoms with Crippen LogP contribution in [0.15, 0.2) is 52.1 Å². The van der Waals surface area contributed by atoms with E-state index in [0.29, 0.717) is 16.5 Å². The van der Waals surface area contributed by atoms with Crippen LogP contribution in [0.5, 0.6) is 5.75 Å². The first-order valence-electron chi connectivity index (χ1n) is 11.1. The fourth-order valence-corrected chi connectivity index (χ4v) is 3.52. The molecule has 186 valence electrons. The minimum atomic E-state index is -1.35. The van der Waals surface area contributed by atoms with E-state index < -0.39 is 22.8 Å². The molecule has 0 fully saturated rings. The van der Waals surface area contributed by atoms with Gasteiger partial charge < -0.3 is 15.2 Å². The number of aliphatic carboxylic acids is 1. The molecule has 1 heterocycles. The molecular formula is C25H29ClN4O5. The van der Waals surface area contributed by atoms with E-state index in [2.05, 4.69) is 10.3 Å². The van der Waals surface area contributed by atoms with Gasteiger partial charge in [0.2, 0.25) is 5.95 Å². The Hall–Kier alpha value is -3.59. The van der Waals surface area contributed by atoms with Crippen LogP contribution in [0.1, 0.15) is 38.8 Å². The van der Waals surface area contributed by atoms with Gasteiger partial charge in [-0.05, 0) is 58.4 Å². The van der Waals surface area contributed by atoms with Gasteiger partial charge in [-0.15, -0.1) is 0 Å². The second kappa shape index (κ2) is 10.4. The van der Waals surface area contributed by atoms with Crippen molar-refractivity contribution in [2.75, 3.05) is 5.32 Å². The molecule has 0 aliphatic rings. The Bertz CT molecular complexity index is 1340. The first-order valence-corrected chi connectivity index (χ1v) is 11.5. The molecule has 2 N–H and O–H groups in total. The summed E-state index contributed by atoms with van der Waals surface area (Å²) in [6.07, 6.45) is -0.0599. The highest BCUT2D eigenvalue weighted by Gasteiger charge is 2.30. The van der Waals surface area contributed by atoms with Gasteiger partial charge in [-0.3, -0.25) is 9.36 Å². The van der Waals surface area contributed by atoms with Gasteiger partial charge in [-0.25, -0.2) is 14.2 Å². The number of benzene rings is 2. The third-order valence-electron chi connectivity index (χ3n) is 5.29. The number of hydrogen-bond donors (Lipinski definition) is 2.